The molecular weight excluding hydrogens is 670 g/mol. The number of phenolic OH excluding ortho intramolecular Hbond substituents is 7. The largest absolute Gasteiger partial charge is 0.504 e. The molecule has 0 saturated carbocycles. The molecule has 0 radical (unpaired) electrons. The summed E-state index contributed by atoms with van der Waals surface area (Å²) < 4.78 is 9.61. The summed E-state index contributed by atoms with van der Waals surface area (Å²) in [5.41, 5.74) is -9.85. The molecule has 1 fully saturated rings. The normalized spacial score (nSPS) is 23.5. The lowest BCUT2D eigenvalue weighted by atomic mass is 9.68. The maximum atomic E-state index is 13.4. The number of ether oxygens (including phenoxy) is 2. The van der Waals surface area contributed by atoms with Crippen molar-refractivity contribution >= 4 is 5.78 Å². The van der Waals surface area contributed by atoms with Crippen LogP contribution in [0, 0.1) is 5.92 Å². The predicted molar refractivity (Wildman–Crippen MR) is 138 cm³/mol. The van der Waals surface area contributed by atoms with Crippen molar-refractivity contribution in [3.63, 3.8) is 0 Å². The molecule has 0 bridgehead atoms. The molecule has 1 saturated heterocycles. The van der Waals surface area contributed by atoms with Gasteiger partial charge >= 0.3 is 0 Å². The Morgan fingerprint density at radius 2 is 1.00 bits per heavy atom. The Balaban J connectivity index is 1.97. The number of aliphatic hydroxyl groups is 13. The highest BCUT2D eigenvalue weighted by molar-refractivity contribution is 6.08. The molecular formula is C24H29NO23. The second-order valence-electron chi connectivity index (χ2n) is 10.9. The van der Waals surface area contributed by atoms with E-state index in [1.165, 1.54) is 0 Å². The van der Waals surface area contributed by atoms with E-state index in [9.17, 15) is 107 Å². The number of hydrogen-bond donors (Lipinski definition) is 20. The van der Waals surface area contributed by atoms with Crippen LogP contribution in [-0.2, 0) is 11.7 Å². The fraction of sp³-hybridized carbons (Fsp3) is 0.458. The standard InChI is InChI=1S/C24H29NO23/c1-47-16-9(27)5-6(12(30)17(16)48-2)19(35,36)4(8(5)26)3-18(34)21(39,40)23(43,44)25(24(45,46)22(18,41)42)20(37,38)7-10(28)13(31)15(33)14(32)11(7)29/h4,27-46H,3H2,1-2H3. The van der Waals surface area contributed by atoms with Crippen LogP contribution in [0.4, 0.5) is 0 Å². The number of piperidine rings is 1. The molecule has 2 aromatic rings. The van der Waals surface area contributed by atoms with Gasteiger partial charge in [-0.25, -0.2) is 0 Å². The average molecular weight is 699 g/mol. The van der Waals surface area contributed by atoms with Crippen molar-refractivity contribution in [3.8, 4) is 51.7 Å². The Labute approximate surface area is 263 Å². The Bertz CT molecular complexity index is 1650. The smallest absolute Gasteiger partial charge is 0.294 e. The Hall–Kier alpha value is -4.25. The molecule has 0 spiro atoms. The molecule has 1 heterocycles. The number of phenols is 7. The number of hydrogen-bond acceptors (Lipinski definition) is 24. The number of ketones is 1. The summed E-state index contributed by atoms with van der Waals surface area (Å²) in [6.07, 6.45) is -2.39. The van der Waals surface area contributed by atoms with Gasteiger partial charge in [-0.05, 0) is 0 Å². The van der Waals surface area contributed by atoms with E-state index >= 15 is 0 Å². The van der Waals surface area contributed by atoms with Crippen LogP contribution in [0.1, 0.15) is 27.9 Å². The lowest BCUT2D eigenvalue weighted by Gasteiger charge is -2.65. The van der Waals surface area contributed by atoms with E-state index in [0.717, 1.165) is 14.2 Å². The van der Waals surface area contributed by atoms with Crippen molar-refractivity contribution in [3.05, 3.63) is 16.7 Å². The van der Waals surface area contributed by atoms with Gasteiger partial charge in [0.05, 0.1) is 31.3 Å². The van der Waals surface area contributed by atoms with E-state index in [4.69, 9.17) is 9.47 Å². The first-order chi connectivity index (χ1) is 21.5. The zero-order valence-electron chi connectivity index (χ0n) is 23.9. The highest BCUT2D eigenvalue weighted by atomic mass is 16.7. The third kappa shape index (κ3) is 3.93. The molecule has 1 aliphatic carbocycles. The second kappa shape index (κ2) is 10.1. The highest BCUT2D eigenvalue weighted by Gasteiger charge is 2.88. The number of Topliss-reactive ketones (excluding diaryl/α,β-unsaturated/α-hetero) is 1. The van der Waals surface area contributed by atoms with Crippen LogP contribution in [0.25, 0.3) is 0 Å². The van der Waals surface area contributed by atoms with E-state index < -0.39 is 132 Å². The van der Waals surface area contributed by atoms with E-state index in [1.807, 2.05) is 0 Å². The maximum absolute atomic E-state index is 13.4. The summed E-state index contributed by atoms with van der Waals surface area (Å²) in [5, 5.41) is 212. The summed E-state index contributed by atoms with van der Waals surface area (Å²) in [5.74, 6) is -49.7. The minimum Gasteiger partial charge on any atom is -0.504 e. The van der Waals surface area contributed by atoms with Crippen molar-refractivity contribution in [1.82, 2.24) is 4.90 Å². The molecule has 20 N–H and O–H groups in total. The van der Waals surface area contributed by atoms with Crippen molar-refractivity contribution < 1.29 is 116 Å². The molecule has 4 rings (SSSR count). The zero-order valence-corrected chi connectivity index (χ0v) is 23.9. The van der Waals surface area contributed by atoms with Gasteiger partial charge in [-0.2, -0.15) is 0 Å². The van der Waals surface area contributed by atoms with Crippen LogP contribution in [0.15, 0.2) is 0 Å². The van der Waals surface area contributed by atoms with Crippen LogP contribution in [0.2, 0.25) is 0 Å². The average Bonchev–Trinajstić information content (AvgIpc) is 3.15. The number of carbonyl (C=O) groups is 1. The van der Waals surface area contributed by atoms with Gasteiger partial charge in [-0.3, -0.25) is 4.79 Å². The van der Waals surface area contributed by atoms with Crippen molar-refractivity contribution in [2.75, 3.05) is 14.2 Å². The van der Waals surface area contributed by atoms with E-state index in [2.05, 4.69) is 0 Å². The first-order valence-electron chi connectivity index (χ1n) is 12.7. The Morgan fingerprint density at radius 3 is 1.40 bits per heavy atom. The fourth-order valence-corrected chi connectivity index (χ4v) is 5.88. The number of methoxy groups -OCH3 is 2. The molecule has 2 aliphatic rings. The topological polar surface area (TPSA) is 443 Å². The first-order valence-corrected chi connectivity index (χ1v) is 12.7. The van der Waals surface area contributed by atoms with Crippen LogP contribution in [0.3, 0.4) is 0 Å². The number of nitrogens with zero attached hydrogens (tertiary/aromatic N) is 1. The van der Waals surface area contributed by atoms with Crippen molar-refractivity contribution in [2.24, 2.45) is 5.92 Å². The second-order valence-corrected chi connectivity index (χ2v) is 10.9. The molecule has 24 heteroatoms. The highest BCUT2D eigenvalue weighted by Crippen LogP contribution is 2.62. The molecule has 24 nitrogen and oxygen atoms in total. The van der Waals surface area contributed by atoms with Gasteiger partial charge < -0.3 is 112 Å². The minimum atomic E-state index is -5.41. The predicted octanol–water partition coefficient (Wildman–Crippen LogP) is -7.54. The Kier molecular flexibility index (Phi) is 7.72. The third-order valence-corrected chi connectivity index (χ3v) is 8.41. The van der Waals surface area contributed by atoms with Crippen LogP contribution >= 0.6 is 0 Å². The van der Waals surface area contributed by atoms with E-state index in [-0.39, 0.29) is 0 Å². The van der Waals surface area contributed by atoms with E-state index in [0.29, 0.717) is 0 Å². The SMILES string of the molecule is COc1c(O)c2c(c(O)c1OC)C(O)(O)C(CC1(O)C(O)(O)C(O)(O)N(C(O)(O)c3c(O)c(O)c(O)c(O)c3O)C(O)(O)C1(O)O)C2=O. The fourth-order valence-electron chi connectivity index (χ4n) is 5.88. The first kappa shape index (κ1) is 36.6. The van der Waals surface area contributed by atoms with Crippen molar-refractivity contribution in [1.29, 1.82) is 0 Å². The summed E-state index contributed by atoms with van der Waals surface area (Å²) in [6.45, 7) is 0. The number of aromatic hydroxyl groups is 7. The van der Waals surface area contributed by atoms with Crippen LogP contribution in [-0.4, -0.2) is 156 Å². The lowest BCUT2D eigenvalue weighted by molar-refractivity contribution is -0.629. The summed E-state index contributed by atoms with van der Waals surface area (Å²) >= 11 is 0. The quantitative estimate of drug-likeness (QED) is 0.0756. The van der Waals surface area contributed by atoms with Gasteiger partial charge in [-0.15, -0.1) is 4.90 Å². The van der Waals surface area contributed by atoms with Crippen molar-refractivity contribution in [2.45, 2.75) is 47.1 Å². The summed E-state index contributed by atoms with van der Waals surface area (Å²) in [6, 6.07) is 0. The maximum Gasteiger partial charge on any atom is 0.294 e. The van der Waals surface area contributed by atoms with Gasteiger partial charge in [0.15, 0.2) is 34.4 Å². The van der Waals surface area contributed by atoms with E-state index in [1.54, 1.807) is 0 Å². The molecule has 1 aliphatic heterocycles. The zero-order chi connectivity index (χ0) is 37.3. The van der Waals surface area contributed by atoms with Crippen LogP contribution < -0.4 is 9.47 Å². The molecule has 1 unspecified atom stereocenters. The number of carbonyl (C=O) groups excluding carboxylic acids is 1. The van der Waals surface area contributed by atoms with Gasteiger partial charge in [0.2, 0.25) is 34.5 Å². The molecule has 0 amide bonds. The monoisotopic (exact) mass is 699 g/mol. The number of likely N-dealkylation sites (tertiary alicyclic amines) is 1. The molecule has 1 atom stereocenters. The van der Waals surface area contributed by atoms with Gasteiger partial charge in [0.25, 0.3) is 29.3 Å². The van der Waals surface area contributed by atoms with Gasteiger partial charge in [0.1, 0.15) is 5.56 Å². The summed E-state index contributed by atoms with van der Waals surface area (Å²) in [7, 11) is 1.75. The summed E-state index contributed by atoms with van der Waals surface area (Å²) in [4.78, 5) is 11.6. The van der Waals surface area contributed by atoms with Gasteiger partial charge in [-0.1, -0.05) is 0 Å². The molecule has 2 aromatic carbocycles. The number of fused-ring (bicyclic) bond motifs is 1. The number of benzene rings is 2. The lowest BCUT2D eigenvalue weighted by Crippen LogP contribution is -2.95. The molecule has 268 valence electrons. The van der Waals surface area contributed by atoms with Crippen LogP contribution in [0.5, 0.6) is 51.7 Å². The molecule has 48 heavy (non-hydrogen) atoms. The van der Waals surface area contributed by atoms with Gasteiger partial charge in [0, 0.05) is 6.42 Å². The third-order valence-electron chi connectivity index (χ3n) is 8.41. The molecule has 0 aromatic heterocycles. The number of rotatable bonds is 6. The Morgan fingerprint density at radius 1 is 0.625 bits per heavy atom. The minimum absolute atomic E-state index is 0.808.